The number of fused-ring (bicyclic) bond motifs is 1. The van der Waals surface area contributed by atoms with Gasteiger partial charge in [0.05, 0.1) is 17.4 Å². The van der Waals surface area contributed by atoms with Crippen molar-refractivity contribution < 1.29 is 4.42 Å². The predicted octanol–water partition coefficient (Wildman–Crippen LogP) is 2.67. The largest absolute Gasteiger partial charge is 0.464 e. The molecule has 116 valence electrons. The van der Waals surface area contributed by atoms with Gasteiger partial charge in [0.25, 0.3) is 5.56 Å². The highest BCUT2D eigenvalue weighted by Gasteiger charge is 2.15. The zero-order valence-corrected chi connectivity index (χ0v) is 13.6. The summed E-state index contributed by atoms with van der Waals surface area (Å²) >= 11 is 2.90. The zero-order chi connectivity index (χ0) is 15.8. The van der Waals surface area contributed by atoms with E-state index in [1.807, 2.05) is 23.1 Å². The van der Waals surface area contributed by atoms with Gasteiger partial charge in [0, 0.05) is 18.0 Å². The fourth-order valence-corrected chi connectivity index (χ4v) is 3.92. The minimum Gasteiger partial charge on any atom is -0.464 e. The van der Waals surface area contributed by atoms with E-state index in [-0.39, 0.29) is 5.56 Å². The molecule has 0 radical (unpaired) electrons. The first-order valence-corrected chi connectivity index (χ1v) is 8.60. The van der Waals surface area contributed by atoms with Gasteiger partial charge in [-0.05, 0) is 12.1 Å². The molecule has 9 heteroatoms. The minimum absolute atomic E-state index is 0.156. The van der Waals surface area contributed by atoms with Gasteiger partial charge >= 0.3 is 0 Å². The Labute approximate surface area is 138 Å². The Morgan fingerprint density at radius 1 is 1.48 bits per heavy atom. The molecular formula is C14H11N5O2S2. The molecule has 0 atom stereocenters. The fraction of sp³-hybridized carbons (Fsp3) is 0.143. The summed E-state index contributed by atoms with van der Waals surface area (Å²) in [6, 6.07) is 3.63. The van der Waals surface area contributed by atoms with Gasteiger partial charge in [-0.2, -0.15) is 0 Å². The highest BCUT2D eigenvalue weighted by atomic mass is 32.2. The number of hydrogen-bond donors (Lipinski definition) is 1. The Bertz CT molecular complexity index is 1020. The number of aryl methyl sites for hydroxylation is 1. The molecule has 0 saturated carbocycles. The van der Waals surface area contributed by atoms with Crippen LogP contribution in [-0.4, -0.2) is 24.7 Å². The number of furan rings is 1. The lowest BCUT2D eigenvalue weighted by Gasteiger charge is -2.01. The summed E-state index contributed by atoms with van der Waals surface area (Å²) in [6.07, 6.45) is 3.23. The fourth-order valence-electron chi connectivity index (χ4n) is 2.21. The van der Waals surface area contributed by atoms with Crippen molar-refractivity contribution in [3.63, 3.8) is 0 Å². The number of H-pyrrole nitrogens is 1. The molecule has 0 aliphatic heterocycles. The third-order valence-corrected chi connectivity index (χ3v) is 5.21. The van der Waals surface area contributed by atoms with E-state index in [9.17, 15) is 4.79 Å². The first-order valence-electron chi connectivity index (χ1n) is 6.73. The van der Waals surface area contributed by atoms with E-state index in [2.05, 4.69) is 20.2 Å². The van der Waals surface area contributed by atoms with Crippen LogP contribution >= 0.6 is 23.1 Å². The molecule has 0 fully saturated rings. The predicted molar refractivity (Wildman–Crippen MR) is 88.5 cm³/mol. The van der Waals surface area contributed by atoms with Crippen molar-refractivity contribution >= 4 is 33.3 Å². The third kappa shape index (κ3) is 2.57. The normalized spacial score (nSPS) is 11.3. The van der Waals surface area contributed by atoms with Crippen molar-refractivity contribution in [3.8, 4) is 11.3 Å². The highest BCUT2D eigenvalue weighted by molar-refractivity contribution is 7.98. The van der Waals surface area contributed by atoms with Crippen molar-refractivity contribution in [2.75, 3.05) is 0 Å². The molecular weight excluding hydrogens is 334 g/mol. The van der Waals surface area contributed by atoms with Gasteiger partial charge in [-0.25, -0.2) is 4.98 Å². The second-order valence-corrected chi connectivity index (χ2v) is 6.63. The molecule has 0 amide bonds. The highest BCUT2D eigenvalue weighted by Crippen LogP contribution is 2.31. The van der Waals surface area contributed by atoms with Gasteiger partial charge in [-0.15, -0.1) is 21.5 Å². The van der Waals surface area contributed by atoms with Gasteiger partial charge in [0.2, 0.25) is 0 Å². The van der Waals surface area contributed by atoms with Gasteiger partial charge in [-0.1, -0.05) is 11.8 Å². The van der Waals surface area contributed by atoms with Crippen molar-refractivity contribution in [2.24, 2.45) is 7.05 Å². The van der Waals surface area contributed by atoms with Crippen molar-refractivity contribution in [3.05, 3.63) is 46.3 Å². The lowest BCUT2D eigenvalue weighted by Crippen LogP contribution is -2.10. The molecule has 0 aromatic carbocycles. The quantitative estimate of drug-likeness (QED) is 0.572. The van der Waals surface area contributed by atoms with E-state index < -0.39 is 0 Å². The molecule has 0 unspecified atom stereocenters. The first-order chi connectivity index (χ1) is 11.2. The molecule has 7 nitrogen and oxygen atoms in total. The standard InChI is InChI=1S/C14H11N5O2S2/c1-19-7-15-18-14(19)23-6-10-16-12(20)11-8(5-22-13(11)17-10)9-3-2-4-21-9/h2-5,7H,6H2,1H3,(H,16,17,20). The van der Waals surface area contributed by atoms with Crippen molar-refractivity contribution in [1.82, 2.24) is 24.7 Å². The molecule has 4 aromatic rings. The van der Waals surface area contributed by atoms with Gasteiger partial charge < -0.3 is 14.0 Å². The summed E-state index contributed by atoms with van der Waals surface area (Å²) < 4.78 is 7.21. The molecule has 0 aliphatic rings. The molecule has 0 bridgehead atoms. The Kier molecular flexibility index (Phi) is 3.50. The summed E-state index contributed by atoms with van der Waals surface area (Å²) in [5.74, 6) is 1.80. The SMILES string of the molecule is Cn1cnnc1SCc1nc2scc(-c3ccco3)c2c(=O)[nH]1. The smallest absolute Gasteiger partial charge is 0.260 e. The average molecular weight is 345 g/mol. The van der Waals surface area contributed by atoms with Crippen molar-refractivity contribution in [2.45, 2.75) is 10.9 Å². The molecule has 4 heterocycles. The van der Waals surface area contributed by atoms with Gasteiger partial charge in [-0.3, -0.25) is 4.79 Å². The monoisotopic (exact) mass is 345 g/mol. The van der Waals surface area contributed by atoms with E-state index in [4.69, 9.17) is 4.42 Å². The number of aromatic amines is 1. The van der Waals surface area contributed by atoms with Crippen molar-refractivity contribution in [1.29, 1.82) is 0 Å². The number of rotatable bonds is 4. The maximum absolute atomic E-state index is 12.4. The van der Waals surface area contributed by atoms with Crippen LogP contribution in [0.1, 0.15) is 5.82 Å². The van der Waals surface area contributed by atoms with Crippen LogP contribution in [0.3, 0.4) is 0 Å². The molecule has 4 rings (SSSR count). The number of aromatic nitrogens is 5. The van der Waals surface area contributed by atoms with Crippen LogP contribution < -0.4 is 5.56 Å². The van der Waals surface area contributed by atoms with Crippen LogP contribution in [0.4, 0.5) is 0 Å². The molecule has 0 spiro atoms. The van der Waals surface area contributed by atoms with E-state index in [1.165, 1.54) is 23.1 Å². The van der Waals surface area contributed by atoms with Crippen LogP contribution in [0.5, 0.6) is 0 Å². The Balaban J connectivity index is 1.69. The topological polar surface area (TPSA) is 89.6 Å². The summed E-state index contributed by atoms with van der Waals surface area (Å²) in [5, 5.41) is 11.1. The summed E-state index contributed by atoms with van der Waals surface area (Å²) in [6.45, 7) is 0. The molecule has 4 aromatic heterocycles. The first kappa shape index (κ1) is 14.2. The second kappa shape index (κ2) is 5.67. The van der Waals surface area contributed by atoms with E-state index in [0.29, 0.717) is 27.6 Å². The average Bonchev–Trinajstić information content (AvgIpc) is 3.25. The summed E-state index contributed by atoms with van der Waals surface area (Å²) in [4.78, 5) is 20.5. The lowest BCUT2D eigenvalue weighted by atomic mass is 10.2. The molecule has 23 heavy (non-hydrogen) atoms. The van der Waals surface area contributed by atoms with E-state index in [0.717, 1.165) is 10.7 Å². The number of nitrogens with one attached hydrogen (secondary N) is 1. The van der Waals surface area contributed by atoms with Crippen LogP contribution in [0.2, 0.25) is 0 Å². The summed E-state index contributed by atoms with van der Waals surface area (Å²) in [7, 11) is 1.87. The van der Waals surface area contributed by atoms with Crippen LogP contribution in [-0.2, 0) is 12.8 Å². The number of thiophene rings is 1. The van der Waals surface area contributed by atoms with Gasteiger partial charge in [0.15, 0.2) is 5.16 Å². The summed E-state index contributed by atoms with van der Waals surface area (Å²) in [5.41, 5.74) is 0.618. The third-order valence-electron chi connectivity index (χ3n) is 3.29. The number of hydrogen-bond acceptors (Lipinski definition) is 7. The molecule has 0 saturated heterocycles. The van der Waals surface area contributed by atoms with E-state index in [1.54, 1.807) is 18.7 Å². The van der Waals surface area contributed by atoms with Crippen LogP contribution in [0.15, 0.2) is 44.5 Å². The van der Waals surface area contributed by atoms with E-state index >= 15 is 0 Å². The van der Waals surface area contributed by atoms with Crippen LogP contribution in [0.25, 0.3) is 21.5 Å². The Morgan fingerprint density at radius 3 is 3.13 bits per heavy atom. The number of thioether (sulfide) groups is 1. The van der Waals surface area contributed by atoms with Gasteiger partial charge in [0.1, 0.15) is 22.7 Å². The number of nitrogens with zero attached hydrogens (tertiary/aromatic N) is 4. The molecule has 0 aliphatic carbocycles. The zero-order valence-electron chi connectivity index (χ0n) is 12.0. The second-order valence-electron chi connectivity index (χ2n) is 4.83. The molecule has 1 N–H and O–H groups in total. The maximum Gasteiger partial charge on any atom is 0.260 e. The van der Waals surface area contributed by atoms with Crippen LogP contribution in [0, 0.1) is 0 Å². The lowest BCUT2D eigenvalue weighted by molar-refractivity contribution is 0.583. The Hall–Kier alpha value is -2.39. The minimum atomic E-state index is -0.156. The Morgan fingerprint density at radius 2 is 2.39 bits per heavy atom. The maximum atomic E-state index is 12.4.